The monoisotopic (exact) mass is 249 g/mol. The molecule has 0 radical (unpaired) electrons. The lowest BCUT2D eigenvalue weighted by Crippen LogP contribution is -2.31. The summed E-state index contributed by atoms with van der Waals surface area (Å²) < 4.78 is 2.24. The minimum absolute atomic E-state index is 0.218. The highest BCUT2D eigenvalue weighted by Crippen LogP contribution is 2.37. The summed E-state index contributed by atoms with van der Waals surface area (Å²) in [6.45, 7) is 2.22. The van der Waals surface area contributed by atoms with Crippen molar-refractivity contribution >= 4 is 0 Å². The van der Waals surface area contributed by atoms with Crippen molar-refractivity contribution in [2.45, 2.75) is 63.7 Å². The third-order valence-electron chi connectivity index (χ3n) is 4.71. The first-order chi connectivity index (χ1) is 8.66. The van der Waals surface area contributed by atoms with E-state index in [1.54, 1.807) is 0 Å². The van der Waals surface area contributed by atoms with E-state index in [0.717, 1.165) is 37.7 Å². The number of aliphatic hydroxyl groups is 2. The highest BCUT2D eigenvalue weighted by atomic mass is 16.3. The molecule has 1 aromatic heterocycles. The van der Waals surface area contributed by atoms with Crippen LogP contribution in [0.2, 0.25) is 0 Å². The molecule has 1 aromatic rings. The molecule has 2 aliphatic carbocycles. The summed E-state index contributed by atoms with van der Waals surface area (Å²) in [6.07, 6.45) is 7.66. The summed E-state index contributed by atoms with van der Waals surface area (Å²) in [5.74, 6) is 0.633. The predicted molar refractivity (Wildman–Crippen MR) is 70.4 cm³/mol. The molecule has 0 aromatic carbocycles. The van der Waals surface area contributed by atoms with Crippen molar-refractivity contribution in [3.63, 3.8) is 0 Å². The van der Waals surface area contributed by atoms with E-state index in [1.807, 2.05) is 6.07 Å². The summed E-state index contributed by atoms with van der Waals surface area (Å²) in [5.41, 5.74) is 2.35. The summed E-state index contributed by atoms with van der Waals surface area (Å²) in [7, 11) is 0. The quantitative estimate of drug-likeness (QED) is 0.803. The van der Waals surface area contributed by atoms with Crippen molar-refractivity contribution < 1.29 is 10.2 Å². The number of hydrogen-bond acceptors (Lipinski definition) is 2. The van der Waals surface area contributed by atoms with Gasteiger partial charge in [-0.2, -0.15) is 0 Å². The van der Waals surface area contributed by atoms with E-state index in [9.17, 15) is 10.2 Å². The Labute approximate surface area is 108 Å². The van der Waals surface area contributed by atoms with E-state index < -0.39 is 0 Å². The molecule has 3 heteroatoms. The smallest absolute Gasteiger partial charge is 0.0807 e. The lowest BCUT2D eigenvalue weighted by atomic mass is 9.84. The van der Waals surface area contributed by atoms with E-state index in [0.29, 0.717) is 5.92 Å². The second kappa shape index (κ2) is 4.71. The van der Waals surface area contributed by atoms with Gasteiger partial charge in [0.2, 0.25) is 0 Å². The molecular weight excluding hydrogens is 226 g/mol. The highest BCUT2D eigenvalue weighted by molar-refractivity contribution is 5.28. The summed E-state index contributed by atoms with van der Waals surface area (Å²) in [6, 6.07) is 2.26. The molecule has 3 rings (SSSR count). The zero-order chi connectivity index (χ0) is 12.7. The molecule has 2 aliphatic rings. The third-order valence-corrected chi connectivity index (χ3v) is 4.71. The van der Waals surface area contributed by atoms with Gasteiger partial charge in [-0.25, -0.2) is 0 Å². The largest absolute Gasteiger partial charge is 0.391 e. The first-order valence-corrected chi connectivity index (χ1v) is 7.22. The van der Waals surface area contributed by atoms with Crippen LogP contribution < -0.4 is 0 Å². The molecule has 0 saturated heterocycles. The van der Waals surface area contributed by atoms with Crippen LogP contribution in [0.4, 0.5) is 0 Å². The topological polar surface area (TPSA) is 45.4 Å². The van der Waals surface area contributed by atoms with Crippen molar-refractivity contribution in [1.82, 2.24) is 4.57 Å². The van der Waals surface area contributed by atoms with E-state index in [1.165, 1.54) is 12.1 Å². The fourth-order valence-corrected chi connectivity index (χ4v) is 3.66. The molecule has 3 nitrogen and oxygen atoms in total. The van der Waals surface area contributed by atoms with Crippen LogP contribution in [-0.4, -0.2) is 20.9 Å². The Kier molecular flexibility index (Phi) is 3.20. The molecule has 0 amide bonds. The third kappa shape index (κ3) is 1.99. The summed E-state index contributed by atoms with van der Waals surface area (Å²) in [5, 5.41) is 20.3. The van der Waals surface area contributed by atoms with Gasteiger partial charge >= 0.3 is 0 Å². The van der Waals surface area contributed by atoms with Crippen LogP contribution in [0.1, 0.15) is 62.4 Å². The Bertz CT molecular complexity index is 426. The highest BCUT2D eigenvalue weighted by Gasteiger charge is 2.31. The Balaban J connectivity index is 1.88. The predicted octanol–water partition coefficient (Wildman–Crippen LogP) is 2.58. The minimum Gasteiger partial charge on any atom is -0.391 e. The van der Waals surface area contributed by atoms with Crippen LogP contribution >= 0.6 is 0 Å². The van der Waals surface area contributed by atoms with E-state index >= 15 is 0 Å². The van der Waals surface area contributed by atoms with Gasteiger partial charge in [-0.15, -0.1) is 0 Å². The fraction of sp³-hybridized carbons (Fsp3) is 0.733. The molecule has 100 valence electrons. The normalized spacial score (nSPS) is 36.4. The minimum atomic E-state index is -0.297. The van der Waals surface area contributed by atoms with Gasteiger partial charge in [-0.3, -0.25) is 0 Å². The van der Waals surface area contributed by atoms with Crippen molar-refractivity contribution in [2.75, 3.05) is 0 Å². The number of aliphatic hydroxyl groups excluding tert-OH is 2. The SMILES string of the molecule is C[C@@H]1CC[C@@H](n2ccc3c2CCCC3O)[C@H](O)C1. The average molecular weight is 249 g/mol. The Morgan fingerprint density at radius 2 is 2.06 bits per heavy atom. The van der Waals surface area contributed by atoms with Gasteiger partial charge < -0.3 is 14.8 Å². The first kappa shape index (κ1) is 12.2. The molecule has 0 bridgehead atoms. The molecular formula is C15H23NO2. The molecule has 1 unspecified atom stereocenters. The zero-order valence-corrected chi connectivity index (χ0v) is 11.0. The van der Waals surface area contributed by atoms with Crippen molar-refractivity contribution in [3.05, 3.63) is 23.5 Å². The van der Waals surface area contributed by atoms with Gasteiger partial charge in [-0.1, -0.05) is 6.92 Å². The molecule has 4 atom stereocenters. The van der Waals surface area contributed by atoms with Crippen molar-refractivity contribution in [2.24, 2.45) is 5.92 Å². The molecule has 0 aliphatic heterocycles. The number of rotatable bonds is 1. The van der Waals surface area contributed by atoms with Crippen LogP contribution in [0, 0.1) is 5.92 Å². The zero-order valence-electron chi connectivity index (χ0n) is 11.0. The van der Waals surface area contributed by atoms with Gasteiger partial charge in [0.15, 0.2) is 0 Å². The molecule has 18 heavy (non-hydrogen) atoms. The second-order valence-corrected chi connectivity index (χ2v) is 6.09. The van der Waals surface area contributed by atoms with E-state index in [2.05, 4.69) is 17.7 Å². The number of aromatic nitrogens is 1. The van der Waals surface area contributed by atoms with Crippen LogP contribution in [0.5, 0.6) is 0 Å². The maximum Gasteiger partial charge on any atom is 0.0807 e. The molecule has 1 fully saturated rings. The van der Waals surface area contributed by atoms with Gasteiger partial charge in [0.1, 0.15) is 0 Å². The Morgan fingerprint density at radius 3 is 2.83 bits per heavy atom. The maximum atomic E-state index is 10.3. The Morgan fingerprint density at radius 1 is 1.22 bits per heavy atom. The van der Waals surface area contributed by atoms with Gasteiger partial charge in [-0.05, 0) is 50.5 Å². The molecule has 1 saturated carbocycles. The van der Waals surface area contributed by atoms with Crippen molar-refractivity contribution in [1.29, 1.82) is 0 Å². The first-order valence-electron chi connectivity index (χ1n) is 7.22. The average Bonchev–Trinajstić information content (AvgIpc) is 2.74. The maximum absolute atomic E-state index is 10.3. The molecule has 0 spiro atoms. The van der Waals surface area contributed by atoms with Gasteiger partial charge in [0, 0.05) is 17.5 Å². The standard InChI is InChI=1S/C15H23NO2/c1-10-5-6-13(15(18)9-10)16-8-7-11-12(16)3-2-4-14(11)17/h7-8,10,13-15,17-18H,2-6,9H2,1H3/t10-,13-,14?,15-/m1/s1. The molecule has 1 heterocycles. The van der Waals surface area contributed by atoms with Crippen LogP contribution in [0.3, 0.4) is 0 Å². The van der Waals surface area contributed by atoms with Crippen molar-refractivity contribution in [3.8, 4) is 0 Å². The Hall–Kier alpha value is -0.800. The molecule has 2 N–H and O–H groups in total. The van der Waals surface area contributed by atoms with E-state index in [-0.39, 0.29) is 18.2 Å². The van der Waals surface area contributed by atoms with Gasteiger partial charge in [0.05, 0.1) is 18.2 Å². The number of fused-ring (bicyclic) bond motifs is 1. The lowest BCUT2D eigenvalue weighted by molar-refractivity contribution is 0.0527. The summed E-state index contributed by atoms with van der Waals surface area (Å²) >= 11 is 0. The number of hydrogen-bond donors (Lipinski definition) is 2. The fourth-order valence-electron chi connectivity index (χ4n) is 3.66. The van der Waals surface area contributed by atoms with Gasteiger partial charge in [0.25, 0.3) is 0 Å². The number of nitrogens with zero attached hydrogens (tertiary/aromatic N) is 1. The second-order valence-electron chi connectivity index (χ2n) is 6.09. The van der Waals surface area contributed by atoms with E-state index in [4.69, 9.17) is 0 Å². The van der Waals surface area contributed by atoms with Crippen LogP contribution in [-0.2, 0) is 6.42 Å². The van der Waals surface area contributed by atoms with Crippen LogP contribution in [0.15, 0.2) is 12.3 Å². The van der Waals surface area contributed by atoms with Crippen LogP contribution in [0.25, 0.3) is 0 Å². The summed E-state index contributed by atoms with van der Waals surface area (Å²) in [4.78, 5) is 0. The lowest BCUT2D eigenvalue weighted by Gasteiger charge is -2.34.